The third kappa shape index (κ3) is 3.44. The number of anilines is 1. The molecule has 1 N–H and O–H groups in total. The van der Waals surface area contributed by atoms with Gasteiger partial charge in [0.15, 0.2) is 0 Å². The van der Waals surface area contributed by atoms with E-state index in [1.165, 1.54) is 12.1 Å². The predicted octanol–water partition coefficient (Wildman–Crippen LogP) is 2.15. The number of nitrogens with zero attached hydrogens (tertiary/aromatic N) is 3. The molecule has 0 saturated carbocycles. The second kappa shape index (κ2) is 5.62. The molecule has 0 aliphatic carbocycles. The van der Waals surface area contributed by atoms with Gasteiger partial charge in [-0.15, -0.1) is 0 Å². The zero-order valence-corrected chi connectivity index (χ0v) is 12.2. The van der Waals surface area contributed by atoms with Crippen LogP contribution >= 0.6 is 11.6 Å². The lowest BCUT2D eigenvalue weighted by atomic mass is 10.2. The lowest BCUT2D eigenvalue weighted by Crippen LogP contribution is -2.14. The molecule has 2 aromatic rings. The van der Waals surface area contributed by atoms with Crippen molar-refractivity contribution in [2.75, 3.05) is 4.72 Å². The minimum atomic E-state index is -3.95. The van der Waals surface area contributed by atoms with Gasteiger partial charge in [0.1, 0.15) is 4.90 Å². The van der Waals surface area contributed by atoms with E-state index >= 15 is 0 Å². The minimum Gasteiger partial charge on any atom is -0.279 e. The number of nitro benzene ring substituents is 1. The smallest absolute Gasteiger partial charge is 0.271 e. The average Bonchev–Trinajstić information content (AvgIpc) is 2.41. The summed E-state index contributed by atoms with van der Waals surface area (Å²) in [5, 5.41) is 10.6. The SMILES string of the molecule is Cc1ccc([N+](=O)[O-])cc1NS(=O)(=O)c1cnc(Cl)nc1. The molecule has 2 rings (SSSR count). The molecule has 0 atom stereocenters. The number of halogens is 1. The molecule has 21 heavy (non-hydrogen) atoms. The maximum Gasteiger partial charge on any atom is 0.271 e. The highest BCUT2D eigenvalue weighted by molar-refractivity contribution is 7.92. The highest BCUT2D eigenvalue weighted by Crippen LogP contribution is 2.24. The normalized spacial score (nSPS) is 11.1. The molecule has 10 heteroatoms. The van der Waals surface area contributed by atoms with Gasteiger partial charge >= 0.3 is 0 Å². The maximum absolute atomic E-state index is 12.1. The first kappa shape index (κ1) is 15.1. The minimum absolute atomic E-state index is 0.0829. The Morgan fingerprint density at radius 3 is 2.48 bits per heavy atom. The van der Waals surface area contributed by atoms with Crippen molar-refractivity contribution < 1.29 is 13.3 Å². The van der Waals surface area contributed by atoms with Crippen LogP contribution in [0, 0.1) is 17.0 Å². The Kier molecular flexibility index (Phi) is 4.05. The number of non-ortho nitro benzene ring substituents is 1. The third-order valence-electron chi connectivity index (χ3n) is 2.58. The van der Waals surface area contributed by atoms with E-state index < -0.39 is 14.9 Å². The number of benzene rings is 1. The number of aryl methyl sites for hydroxylation is 1. The van der Waals surface area contributed by atoms with E-state index in [1.54, 1.807) is 6.92 Å². The fraction of sp³-hybridized carbons (Fsp3) is 0.0909. The zero-order valence-electron chi connectivity index (χ0n) is 10.6. The topological polar surface area (TPSA) is 115 Å². The summed E-state index contributed by atoms with van der Waals surface area (Å²) in [6, 6.07) is 3.89. The van der Waals surface area contributed by atoms with Crippen LogP contribution in [0.25, 0.3) is 0 Å². The first-order chi connectivity index (χ1) is 9.79. The summed E-state index contributed by atoms with van der Waals surface area (Å²) in [5.41, 5.74) is 0.434. The molecule has 0 aliphatic heterocycles. The summed E-state index contributed by atoms with van der Waals surface area (Å²) in [5.74, 6) is 0. The molecule has 1 aromatic carbocycles. The molecule has 1 aromatic heterocycles. The lowest BCUT2D eigenvalue weighted by molar-refractivity contribution is -0.384. The predicted molar refractivity (Wildman–Crippen MR) is 75.7 cm³/mol. The Labute approximate surface area is 125 Å². The van der Waals surface area contributed by atoms with Crippen molar-refractivity contribution in [3.8, 4) is 0 Å². The first-order valence-electron chi connectivity index (χ1n) is 5.55. The summed E-state index contributed by atoms with van der Waals surface area (Å²) in [4.78, 5) is 17.1. The number of aromatic nitrogens is 2. The van der Waals surface area contributed by atoms with Gasteiger partial charge in [-0.3, -0.25) is 14.8 Å². The second-order valence-electron chi connectivity index (χ2n) is 4.05. The van der Waals surface area contributed by atoms with E-state index in [9.17, 15) is 18.5 Å². The molecular formula is C11H9ClN4O4S. The highest BCUT2D eigenvalue weighted by atomic mass is 35.5. The summed E-state index contributed by atoms with van der Waals surface area (Å²) >= 11 is 5.49. The Hall–Kier alpha value is -2.26. The van der Waals surface area contributed by atoms with E-state index in [0.717, 1.165) is 18.5 Å². The van der Waals surface area contributed by atoms with Crippen LogP contribution in [0.15, 0.2) is 35.5 Å². The molecule has 0 spiro atoms. The van der Waals surface area contributed by atoms with Crippen LogP contribution in [-0.2, 0) is 10.0 Å². The van der Waals surface area contributed by atoms with Gasteiger partial charge in [0.05, 0.1) is 23.0 Å². The zero-order chi connectivity index (χ0) is 15.6. The molecule has 1 heterocycles. The number of sulfonamides is 1. The molecule has 0 bridgehead atoms. The van der Waals surface area contributed by atoms with Crippen LogP contribution in [0.4, 0.5) is 11.4 Å². The third-order valence-corrected chi connectivity index (χ3v) is 4.10. The van der Waals surface area contributed by atoms with Gasteiger partial charge in [-0.2, -0.15) is 0 Å². The molecule has 0 amide bonds. The lowest BCUT2D eigenvalue weighted by Gasteiger charge is -2.09. The second-order valence-corrected chi connectivity index (χ2v) is 6.07. The van der Waals surface area contributed by atoms with E-state index in [1.807, 2.05) is 0 Å². The standard InChI is InChI=1S/C11H9ClN4O4S/c1-7-2-3-8(16(17)18)4-10(7)15-21(19,20)9-5-13-11(12)14-6-9/h2-6,15H,1H3. The van der Waals surface area contributed by atoms with E-state index in [4.69, 9.17) is 11.6 Å². The maximum atomic E-state index is 12.1. The quantitative estimate of drug-likeness (QED) is 0.522. The van der Waals surface area contributed by atoms with Crippen LogP contribution in [-0.4, -0.2) is 23.3 Å². The van der Waals surface area contributed by atoms with Gasteiger partial charge in [0.25, 0.3) is 15.7 Å². The van der Waals surface area contributed by atoms with Crippen molar-refractivity contribution in [1.29, 1.82) is 0 Å². The number of hydrogen-bond donors (Lipinski definition) is 1. The Morgan fingerprint density at radius 1 is 1.29 bits per heavy atom. The summed E-state index contributed by atoms with van der Waals surface area (Å²) < 4.78 is 26.5. The van der Waals surface area contributed by atoms with Crippen LogP contribution in [0.2, 0.25) is 5.28 Å². The van der Waals surface area contributed by atoms with Gasteiger partial charge in [-0.25, -0.2) is 18.4 Å². The average molecular weight is 329 g/mol. The fourth-order valence-corrected chi connectivity index (χ4v) is 2.58. The number of rotatable bonds is 4. The molecule has 8 nitrogen and oxygen atoms in total. The molecule has 0 fully saturated rings. The Balaban J connectivity index is 2.38. The van der Waals surface area contributed by atoms with E-state index in [-0.39, 0.29) is 21.6 Å². The fourth-order valence-electron chi connectivity index (χ4n) is 1.48. The molecule has 0 radical (unpaired) electrons. The van der Waals surface area contributed by atoms with E-state index in [0.29, 0.717) is 5.56 Å². The molecule has 0 saturated heterocycles. The van der Waals surface area contributed by atoms with Gasteiger partial charge < -0.3 is 0 Å². The molecule has 0 aliphatic rings. The number of hydrogen-bond acceptors (Lipinski definition) is 6. The van der Waals surface area contributed by atoms with Crippen LogP contribution < -0.4 is 4.72 Å². The van der Waals surface area contributed by atoms with Crippen molar-refractivity contribution >= 4 is 33.0 Å². The molecule has 0 unspecified atom stereocenters. The largest absolute Gasteiger partial charge is 0.279 e. The monoisotopic (exact) mass is 328 g/mol. The van der Waals surface area contributed by atoms with Crippen molar-refractivity contribution in [2.24, 2.45) is 0 Å². The number of nitrogens with one attached hydrogen (secondary N) is 1. The van der Waals surface area contributed by atoms with Crippen LogP contribution in [0.3, 0.4) is 0 Å². The van der Waals surface area contributed by atoms with E-state index in [2.05, 4.69) is 14.7 Å². The van der Waals surface area contributed by atoms with Crippen molar-refractivity contribution in [3.05, 3.63) is 51.6 Å². The Morgan fingerprint density at radius 2 is 1.90 bits per heavy atom. The van der Waals surface area contributed by atoms with Crippen LogP contribution in [0.1, 0.15) is 5.56 Å². The van der Waals surface area contributed by atoms with Crippen molar-refractivity contribution in [3.63, 3.8) is 0 Å². The number of nitro groups is 1. The molecule has 110 valence electrons. The van der Waals surface area contributed by atoms with Gasteiger partial charge in [-0.1, -0.05) is 6.07 Å². The van der Waals surface area contributed by atoms with Gasteiger partial charge in [0.2, 0.25) is 5.28 Å². The van der Waals surface area contributed by atoms with Gasteiger partial charge in [0, 0.05) is 12.1 Å². The van der Waals surface area contributed by atoms with Crippen molar-refractivity contribution in [2.45, 2.75) is 11.8 Å². The summed E-state index contributed by atoms with van der Waals surface area (Å²) in [6.07, 6.45) is 2.09. The summed E-state index contributed by atoms with van der Waals surface area (Å²) in [6.45, 7) is 1.62. The van der Waals surface area contributed by atoms with Crippen LogP contribution in [0.5, 0.6) is 0 Å². The van der Waals surface area contributed by atoms with Crippen molar-refractivity contribution in [1.82, 2.24) is 9.97 Å². The van der Waals surface area contributed by atoms with Gasteiger partial charge in [-0.05, 0) is 24.1 Å². The Bertz CT molecular complexity index is 792. The highest BCUT2D eigenvalue weighted by Gasteiger charge is 2.18. The molecular weight excluding hydrogens is 320 g/mol. The first-order valence-corrected chi connectivity index (χ1v) is 7.41. The summed E-state index contributed by atoms with van der Waals surface area (Å²) in [7, 11) is -3.95.